The number of hydrogen-bond donors (Lipinski definition) is 4. The Hall–Kier alpha value is -1.28. The summed E-state index contributed by atoms with van der Waals surface area (Å²) in [5.41, 5.74) is 0. The maximum atomic E-state index is 11.6. The third kappa shape index (κ3) is 22.7. The number of halogens is 2. The van der Waals surface area contributed by atoms with Crippen LogP contribution < -0.4 is 0 Å². The van der Waals surface area contributed by atoms with E-state index in [1.165, 1.54) is 0 Å². The molecule has 0 heterocycles. The standard InChI is InChI=1S/2C9H17FO3/c10-6-4-2-1-3-5-8(11)7-9(12)13;10-7-5-3-1-2-4-6-8(11)9(12)13/h2*8,11H,1-7H2,(H,12,13). The molecule has 0 saturated carbocycles. The summed E-state index contributed by atoms with van der Waals surface area (Å²) in [6.07, 6.45) is 5.54. The zero-order valence-corrected chi connectivity index (χ0v) is 15.4. The van der Waals surface area contributed by atoms with Crippen LogP contribution in [-0.4, -0.2) is 57.9 Å². The Labute approximate surface area is 154 Å². The Morgan fingerprint density at radius 2 is 1.12 bits per heavy atom. The van der Waals surface area contributed by atoms with Gasteiger partial charge in [-0.1, -0.05) is 44.9 Å². The number of rotatable bonds is 16. The summed E-state index contributed by atoms with van der Waals surface area (Å²) in [5.74, 6) is -2.14. The van der Waals surface area contributed by atoms with Gasteiger partial charge in [-0.25, -0.2) is 4.79 Å². The first-order chi connectivity index (χ1) is 12.3. The Kier molecular flexibility index (Phi) is 20.8. The molecule has 0 aliphatic carbocycles. The number of carboxylic acid groups (broad SMARTS) is 2. The molecule has 0 radical (unpaired) electrons. The number of carbonyl (C=O) groups is 2. The SMILES string of the molecule is O=C(O)C(O)CCCCCCCF.O=C(O)CC(O)CCCCCCF. The van der Waals surface area contributed by atoms with Crippen molar-refractivity contribution in [1.82, 2.24) is 0 Å². The van der Waals surface area contributed by atoms with Crippen molar-refractivity contribution < 1.29 is 38.8 Å². The van der Waals surface area contributed by atoms with E-state index < -0.39 is 24.1 Å². The van der Waals surface area contributed by atoms with E-state index >= 15 is 0 Å². The van der Waals surface area contributed by atoms with E-state index in [1.54, 1.807) is 0 Å². The van der Waals surface area contributed by atoms with E-state index in [4.69, 9.17) is 20.4 Å². The summed E-state index contributed by atoms with van der Waals surface area (Å²) in [6, 6.07) is 0. The normalized spacial score (nSPS) is 12.8. The second kappa shape index (κ2) is 20.0. The summed E-state index contributed by atoms with van der Waals surface area (Å²) >= 11 is 0. The van der Waals surface area contributed by atoms with E-state index in [-0.39, 0.29) is 19.8 Å². The lowest BCUT2D eigenvalue weighted by molar-refractivity contribution is -0.147. The third-order valence-electron chi connectivity index (χ3n) is 3.73. The van der Waals surface area contributed by atoms with Crippen LogP contribution in [0.25, 0.3) is 0 Å². The first-order valence-corrected chi connectivity index (χ1v) is 9.27. The van der Waals surface area contributed by atoms with Gasteiger partial charge in [0.25, 0.3) is 0 Å². The van der Waals surface area contributed by atoms with E-state index in [1.807, 2.05) is 0 Å². The van der Waals surface area contributed by atoms with Gasteiger partial charge in [0.2, 0.25) is 0 Å². The minimum absolute atomic E-state index is 0.191. The number of aliphatic carboxylic acids is 2. The smallest absolute Gasteiger partial charge is 0.332 e. The molecule has 0 amide bonds. The first-order valence-electron chi connectivity index (χ1n) is 9.27. The molecule has 0 rings (SSSR count). The average Bonchev–Trinajstić information content (AvgIpc) is 2.57. The Balaban J connectivity index is 0. The first kappa shape index (κ1) is 26.9. The van der Waals surface area contributed by atoms with Crippen molar-refractivity contribution in [2.24, 2.45) is 0 Å². The van der Waals surface area contributed by atoms with E-state index in [0.29, 0.717) is 32.1 Å². The molecule has 26 heavy (non-hydrogen) atoms. The fourth-order valence-corrected chi connectivity index (χ4v) is 2.22. The van der Waals surface area contributed by atoms with Crippen LogP contribution in [0, 0.1) is 0 Å². The van der Waals surface area contributed by atoms with Crippen LogP contribution in [-0.2, 0) is 9.59 Å². The summed E-state index contributed by atoms with van der Waals surface area (Å²) in [6.45, 7) is -0.574. The van der Waals surface area contributed by atoms with Crippen molar-refractivity contribution in [3.8, 4) is 0 Å². The van der Waals surface area contributed by atoms with Crippen molar-refractivity contribution in [2.75, 3.05) is 13.3 Å². The molecule has 0 aromatic rings. The monoisotopic (exact) mass is 384 g/mol. The molecule has 8 heteroatoms. The topological polar surface area (TPSA) is 115 Å². The minimum atomic E-state index is -1.24. The molecule has 0 spiro atoms. The number of alkyl halides is 2. The lowest BCUT2D eigenvalue weighted by atomic mass is 10.1. The van der Waals surface area contributed by atoms with E-state index in [2.05, 4.69) is 0 Å². The number of carboxylic acids is 2. The molecule has 0 aliphatic heterocycles. The van der Waals surface area contributed by atoms with Crippen LogP contribution in [0.1, 0.15) is 77.0 Å². The highest BCUT2D eigenvalue weighted by Gasteiger charge is 2.11. The van der Waals surface area contributed by atoms with Gasteiger partial charge in [-0.15, -0.1) is 0 Å². The predicted molar refractivity (Wildman–Crippen MR) is 94.6 cm³/mol. The van der Waals surface area contributed by atoms with Gasteiger partial charge >= 0.3 is 11.9 Å². The van der Waals surface area contributed by atoms with Gasteiger partial charge < -0.3 is 20.4 Å². The highest BCUT2D eigenvalue weighted by atomic mass is 19.1. The molecule has 4 N–H and O–H groups in total. The molecule has 2 unspecified atom stereocenters. The fraction of sp³-hybridized carbons (Fsp3) is 0.889. The number of hydrogen-bond acceptors (Lipinski definition) is 4. The molecule has 6 nitrogen and oxygen atoms in total. The van der Waals surface area contributed by atoms with Gasteiger partial charge in [-0.2, -0.15) is 0 Å². The Morgan fingerprint density at radius 1 is 0.692 bits per heavy atom. The molecule has 2 atom stereocenters. The summed E-state index contributed by atoms with van der Waals surface area (Å²) in [4.78, 5) is 20.3. The molecule has 0 aromatic heterocycles. The van der Waals surface area contributed by atoms with Crippen LogP contribution in [0.15, 0.2) is 0 Å². The zero-order chi connectivity index (χ0) is 20.2. The second-order valence-electron chi connectivity index (χ2n) is 6.24. The molecule has 0 saturated heterocycles. The highest BCUT2D eigenvalue weighted by molar-refractivity contribution is 5.71. The highest BCUT2D eigenvalue weighted by Crippen LogP contribution is 2.08. The van der Waals surface area contributed by atoms with Crippen molar-refractivity contribution in [2.45, 2.75) is 89.3 Å². The van der Waals surface area contributed by atoms with Gasteiger partial charge in [0.15, 0.2) is 6.10 Å². The molecule has 0 fully saturated rings. The lowest BCUT2D eigenvalue weighted by Crippen LogP contribution is -2.18. The van der Waals surface area contributed by atoms with Crippen molar-refractivity contribution in [3.05, 3.63) is 0 Å². The summed E-state index contributed by atoms with van der Waals surface area (Å²) in [7, 11) is 0. The maximum Gasteiger partial charge on any atom is 0.332 e. The number of aliphatic hydroxyl groups excluding tert-OH is 2. The van der Waals surface area contributed by atoms with Crippen molar-refractivity contribution in [1.29, 1.82) is 0 Å². The molecular formula is C18H34F2O6. The van der Waals surface area contributed by atoms with E-state index in [9.17, 15) is 18.4 Å². The molecule has 156 valence electrons. The van der Waals surface area contributed by atoms with Gasteiger partial charge in [-0.3, -0.25) is 13.6 Å². The second-order valence-corrected chi connectivity index (χ2v) is 6.24. The van der Waals surface area contributed by atoms with Crippen LogP contribution in [0.4, 0.5) is 8.78 Å². The lowest BCUT2D eigenvalue weighted by Gasteiger charge is -2.06. The van der Waals surface area contributed by atoms with Crippen LogP contribution in [0.5, 0.6) is 0 Å². The van der Waals surface area contributed by atoms with Gasteiger partial charge in [0, 0.05) is 0 Å². The quantitative estimate of drug-likeness (QED) is 0.303. The summed E-state index contributed by atoms with van der Waals surface area (Å²) in [5, 5.41) is 34.6. The fourth-order valence-electron chi connectivity index (χ4n) is 2.22. The van der Waals surface area contributed by atoms with E-state index in [0.717, 1.165) is 38.5 Å². The largest absolute Gasteiger partial charge is 0.481 e. The van der Waals surface area contributed by atoms with Crippen LogP contribution >= 0.6 is 0 Å². The molecule has 0 aliphatic rings. The van der Waals surface area contributed by atoms with Crippen molar-refractivity contribution >= 4 is 11.9 Å². The van der Waals surface area contributed by atoms with Crippen LogP contribution in [0.3, 0.4) is 0 Å². The van der Waals surface area contributed by atoms with Crippen molar-refractivity contribution in [3.63, 3.8) is 0 Å². The van der Waals surface area contributed by atoms with Gasteiger partial charge in [0.1, 0.15) is 0 Å². The Bertz CT molecular complexity index is 342. The minimum Gasteiger partial charge on any atom is -0.481 e. The summed E-state index contributed by atoms with van der Waals surface area (Å²) < 4.78 is 23.2. The average molecular weight is 384 g/mol. The zero-order valence-electron chi connectivity index (χ0n) is 15.4. The van der Waals surface area contributed by atoms with Gasteiger partial charge in [-0.05, 0) is 25.7 Å². The molecule has 0 aromatic carbocycles. The molecular weight excluding hydrogens is 350 g/mol. The predicted octanol–water partition coefficient (Wildman–Crippen LogP) is 3.48. The number of aliphatic hydroxyl groups is 2. The van der Waals surface area contributed by atoms with Crippen LogP contribution in [0.2, 0.25) is 0 Å². The molecule has 0 bridgehead atoms. The number of unbranched alkanes of at least 4 members (excludes halogenated alkanes) is 7. The maximum absolute atomic E-state index is 11.6. The third-order valence-corrected chi connectivity index (χ3v) is 3.73. The Morgan fingerprint density at radius 3 is 1.54 bits per heavy atom. The van der Waals surface area contributed by atoms with Gasteiger partial charge in [0.05, 0.1) is 25.9 Å².